The van der Waals surface area contributed by atoms with E-state index >= 15 is 0 Å². The van der Waals surface area contributed by atoms with Crippen molar-refractivity contribution in [3.63, 3.8) is 0 Å². The summed E-state index contributed by atoms with van der Waals surface area (Å²) in [7, 11) is 0. The van der Waals surface area contributed by atoms with E-state index in [0.717, 1.165) is 31.6 Å². The summed E-state index contributed by atoms with van der Waals surface area (Å²) in [6, 6.07) is 17.5. The third kappa shape index (κ3) is 2.55. The molecule has 2 aliphatic rings. The lowest BCUT2D eigenvalue weighted by Gasteiger charge is -2.31. The number of carbonyl (C=O) groups excluding carboxylic acids is 1. The number of benzene rings is 2. The van der Waals surface area contributed by atoms with Crippen LogP contribution in [-0.2, 0) is 6.42 Å². The van der Waals surface area contributed by atoms with E-state index in [4.69, 9.17) is 0 Å². The molecule has 0 aromatic heterocycles. The number of para-hydroxylation sites is 1. The molecule has 0 radical (unpaired) electrons. The van der Waals surface area contributed by atoms with Gasteiger partial charge in [0.1, 0.15) is 0 Å². The monoisotopic (exact) mass is 306 g/mol. The molecule has 0 amide bonds. The molecule has 2 heterocycles. The Bertz CT molecular complexity index is 723. The Morgan fingerprint density at radius 2 is 1.91 bits per heavy atom. The highest BCUT2D eigenvalue weighted by Gasteiger charge is 2.36. The zero-order valence-corrected chi connectivity index (χ0v) is 13.5. The molecule has 2 aromatic rings. The topological polar surface area (TPSA) is 32.3 Å². The van der Waals surface area contributed by atoms with Crippen LogP contribution in [0.4, 0.5) is 5.69 Å². The highest BCUT2D eigenvalue weighted by Crippen LogP contribution is 2.38. The lowest BCUT2D eigenvalue weighted by molar-refractivity contribution is 0.101. The molecule has 1 saturated heterocycles. The molecular weight excluding hydrogens is 284 g/mol. The van der Waals surface area contributed by atoms with Gasteiger partial charge in [0, 0.05) is 42.8 Å². The Morgan fingerprint density at radius 3 is 2.70 bits per heavy atom. The molecule has 2 atom stereocenters. The second-order valence-electron chi connectivity index (χ2n) is 6.58. The van der Waals surface area contributed by atoms with Crippen LogP contribution in [0.3, 0.4) is 0 Å². The van der Waals surface area contributed by atoms with Gasteiger partial charge in [0.15, 0.2) is 5.78 Å². The summed E-state index contributed by atoms with van der Waals surface area (Å²) < 4.78 is 0. The zero-order chi connectivity index (χ0) is 15.8. The first-order valence-electron chi connectivity index (χ1n) is 8.40. The minimum Gasteiger partial charge on any atom is -0.366 e. The van der Waals surface area contributed by atoms with Crippen molar-refractivity contribution in [1.29, 1.82) is 0 Å². The molecular formula is C20H22N2O. The predicted octanol–water partition coefficient (Wildman–Crippen LogP) is 3.01. The summed E-state index contributed by atoms with van der Waals surface area (Å²) in [5, 5.41) is 3.58. The molecule has 0 bridgehead atoms. The highest BCUT2D eigenvalue weighted by molar-refractivity contribution is 5.94. The molecule has 23 heavy (non-hydrogen) atoms. The maximum atomic E-state index is 11.5. The van der Waals surface area contributed by atoms with Crippen LogP contribution in [0.15, 0.2) is 48.5 Å². The van der Waals surface area contributed by atoms with E-state index in [0.29, 0.717) is 12.0 Å². The lowest BCUT2D eigenvalue weighted by atomic mass is 9.88. The van der Waals surface area contributed by atoms with Gasteiger partial charge < -0.3 is 10.2 Å². The first-order chi connectivity index (χ1) is 11.2. The van der Waals surface area contributed by atoms with Gasteiger partial charge in [-0.2, -0.15) is 0 Å². The van der Waals surface area contributed by atoms with E-state index in [1.165, 1.54) is 16.8 Å². The smallest absolute Gasteiger partial charge is 0.159 e. The summed E-state index contributed by atoms with van der Waals surface area (Å²) in [5.74, 6) is 0.580. The van der Waals surface area contributed by atoms with Crippen LogP contribution in [0.5, 0.6) is 0 Å². The number of fused-ring (bicyclic) bond motifs is 3. The fourth-order valence-corrected chi connectivity index (χ4v) is 4.02. The molecule has 1 fully saturated rings. The second-order valence-corrected chi connectivity index (χ2v) is 6.58. The van der Waals surface area contributed by atoms with Gasteiger partial charge in [-0.15, -0.1) is 0 Å². The van der Waals surface area contributed by atoms with Crippen molar-refractivity contribution in [3.8, 4) is 0 Å². The maximum Gasteiger partial charge on any atom is 0.159 e. The summed E-state index contributed by atoms with van der Waals surface area (Å²) in [4.78, 5) is 14.1. The van der Waals surface area contributed by atoms with Crippen LogP contribution >= 0.6 is 0 Å². The van der Waals surface area contributed by atoms with Crippen LogP contribution in [0, 0.1) is 0 Å². The van der Waals surface area contributed by atoms with Crippen LogP contribution in [0.1, 0.15) is 34.3 Å². The van der Waals surface area contributed by atoms with E-state index in [1.54, 1.807) is 6.92 Å². The summed E-state index contributed by atoms with van der Waals surface area (Å²) in [5.41, 5.74) is 4.98. The van der Waals surface area contributed by atoms with Crippen LogP contribution in [-0.4, -0.2) is 31.5 Å². The molecule has 118 valence electrons. The summed E-state index contributed by atoms with van der Waals surface area (Å²) >= 11 is 0. The number of Topliss-reactive ketones (excluding diaryl/α,β-unsaturated/α-hetero) is 1. The van der Waals surface area contributed by atoms with Gasteiger partial charge in [-0.25, -0.2) is 0 Å². The number of hydrogen-bond donors (Lipinski definition) is 1. The van der Waals surface area contributed by atoms with Gasteiger partial charge in [-0.3, -0.25) is 4.79 Å². The molecule has 2 unspecified atom stereocenters. The van der Waals surface area contributed by atoms with Gasteiger partial charge >= 0.3 is 0 Å². The number of carbonyl (C=O) groups is 1. The zero-order valence-electron chi connectivity index (χ0n) is 13.5. The largest absolute Gasteiger partial charge is 0.366 e. The molecule has 3 nitrogen and oxygen atoms in total. The van der Waals surface area contributed by atoms with Crippen molar-refractivity contribution < 1.29 is 4.79 Å². The Labute approximate surface area is 137 Å². The van der Waals surface area contributed by atoms with Crippen molar-refractivity contribution >= 4 is 11.5 Å². The highest BCUT2D eigenvalue weighted by atomic mass is 16.1. The van der Waals surface area contributed by atoms with Crippen molar-refractivity contribution in [3.05, 3.63) is 65.2 Å². The van der Waals surface area contributed by atoms with E-state index in [-0.39, 0.29) is 5.78 Å². The number of nitrogens with one attached hydrogen (secondary N) is 1. The minimum atomic E-state index is 0.130. The first kappa shape index (κ1) is 14.5. The van der Waals surface area contributed by atoms with Crippen LogP contribution in [0.2, 0.25) is 0 Å². The van der Waals surface area contributed by atoms with Gasteiger partial charge in [-0.1, -0.05) is 42.5 Å². The average molecular weight is 306 g/mol. The second kappa shape index (κ2) is 5.82. The number of ketones is 1. The van der Waals surface area contributed by atoms with Crippen LogP contribution < -0.4 is 10.2 Å². The summed E-state index contributed by atoms with van der Waals surface area (Å²) in [6.07, 6.45) is 1.11. The third-order valence-electron chi connectivity index (χ3n) is 5.23. The minimum absolute atomic E-state index is 0.130. The fourth-order valence-electron chi connectivity index (χ4n) is 4.02. The van der Waals surface area contributed by atoms with E-state index in [1.807, 2.05) is 12.1 Å². The van der Waals surface area contributed by atoms with Crippen molar-refractivity contribution in [2.75, 3.05) is 24.5 Å². The van der Waals surface area contributed by atoms with Crippen LogP contribution in [0.25, 0.3) is 0 Å². The van der Waals surface area contributed by atoms with E-state index in [2.05, 4.69) is 46.6 Å². The molecule has 4 rings (SSSR count). The van der Waals surface area contributed by atoms with Crippen molar-refractivity contribution in [2.45, 2.75) is 25.3 Å². The Hall–Kier alpha value is -2.13. The Morgan fingerprint density at radius 1 is 1.13 bits per heavy atom. The van der Waals surface area contributed by atoms with Gasteiger partial charge in [-0.05, 0) is 30.5 Å². The first-order valence-corrected chi connectivity index (χ1v) is 8.40. The molecule has 0 spiro atoms. The van der Waals surface area contributed by atoms with Gasteiger partial charge in [0.25, 0.3) is 0 Å². The number of hydrogen-bond acceptors (Lipinski definition) is 3. The standard InChI is InChI=1S/C20H22N2O/c1-14(23)15-6-8-16(9-7-15)18-13-21-10-11-22-19-5-3-2-4-17(19)12-20(18)22/h2-9,18,20-21H,10-13H2,1H3. The normalized spacial score (nSPS) is 23.1. The van der Waals surface area contributed by atoms with Gasteiger partial charge in [0.2, 0.25) is 0 Å². The molecule has 0 aliphatic carbocycles. The summed E-state index contributed by atoms with van der Waals surface area (Å²) in [6.45, 7) is 4.70. The van der Waals surface area contributed by atoms with Crippen molar-refractivity contribution in [1.82, 2.24) is 5.32 Å². The average Bonchev–Trinajstić information content (AvgIpc) is 2.80. The quantitative estimate of drug-likeness (QED) is 0.866. The van der Waals surface area contributed by atoms with E-state index < -0.39 is 0 Å². The van der Waals surface area contributed by atoms with Crippen molar-refractivity contribution in [2.24, 2.45) is 0 Å². The molecule has 0 saturated carbocycles. The Balaban J connectivity index is 1.67. The van der Waals surface area contributed by atoms with E-state index in [9.17, 15) is 4.79 Å². The predicted molar refractivity (Wildman–Crippen MR) is 93.3 cm³/mol. The molecule has 2 aromatic carbocycles. The number of nitrogens with zero attached hydrogens (tertiary/aromatic N) is 1. The number of anilines is 1. The number of rotatable bonds is 2. The third-order valence-corrected chi connectivity index (χ3v) is 5.23. The molecule has 1 N–H and O–H groups in total. The molecule has 2 aliphatic heterocycles. The lowest BCUT2D eigenvalue weighted by Crippen LogP contribution is -2.37. The fraction of sp³-hybridized carbons (Fsp3) is 0.350. The SMILES string of the molecule is CC(=O)c1ccc(C2CNCCN3c4ccccc4CC23)cc1. The maximum absolute atomic E-state index is 11.5. The van der Waals surface area contributed by atoms with Gasteiger partial charge in [0.05, 0.1) is 0 Å². The molecule has 3 heteroatoms. The Kier molecular flexibility index (Phi) is 3.66.